The van der Waals surface area contributed by atoms with Crippen molar-refractivity contribution in [2.75, 3.05) is 44.2 Å². The van der Waals surface area contributed by atoms with Crippen LogP contribution in [0.25, 0.3) is 22.1 Å². The number of nitrogen functional groups attached to an aromatic ring is 4. The molecule has 37 heteroatoms. The molecule has 0 saturated heterocycles. The highest BCUT2D eigenvalue weighted by Crippen LogP contribution is 2.47. The van der Waals surface area contributed by atoms with Crippen molar-refractivity contribution in [1.29, 1.82) is 0 Å². The van der Waals surface area contributed by atoms with E-state index in [9.17, 15) is 19.2 Å². The van der Waals surface area contributed by atoms with Crippen molar-refractivity contribution in [3.05, 3.63) is 327 Å². The van der Waals surface area contributed by atoms with Crippen molar-refractivity contribution >= 4 is 150 Å². The molecule has 0 fully saturated rings. The van der Waals surface area contributed by atoms with E-state index in [1.807, 2.05) is 145 Å². The second kappa shape index (κ2) is 43.2. The minimum atomic E-state index is -0.873. The van der Waals surface area contributed by atoms with Crippen molar-refractivity contribution in [2.24, 2.45) is 0 Å². The second-order valence-electron chi connectivity index (χ2n) is 34.1. The molecule has 0 aliphatic rings. The number of nitrogens with two attached hydrogens (primary N) is 4. The third-order valence-electron chi connectivity index (χ3n) is 22.5. The molecule has 8 aromatic heterocycles. The zero-order chi connectivity index (χ0) is 101. The van der Waals surface area contributed by atoms with E-state index in [1.54, 1.807) is 150 Å². The maximum atomic E-state index is 15.4. The van der Waals surface area contributed by atoms with Crippen LogP contribution in [-0.4, -0.2) is 106 Å². The van der Waals surface area contributed by atoms with Crippen molar-refractivity contribution in [3.8, 4) is 23.0 Å². The van der Waals surface area contributed by atoms with E-state index in [-0.39, 0.29) is 89.8 Å². The third-order valence-corrected chi connectivity index (χ3v) is 23.8. The number of aromatic nitrogens is 12. The van der Waals surface area contributed by atoms with Crippen LogP contribution in [-0.2, 0) is 0 Å². The summed E-state index contributed by atoms with van der Waals surface area (Å²) in [5.41, 5.74) is 34.7. The Hall–Kier alpha value is -14.3. The van der Waals surface area contributed by atoms with Gasteiger partial charge >= 0.3 is 0 Å². The number of nitrogens with zero attached hydrogens (tertiary/aromatic N) is 12. The Labute approximate surface area is 824 Å². The number of anilines is 8. The van der Waals surface area contributed by atoms with E-state index in [1.165, 1.54) is 24.3 Å². The second-order valence-corrected chi connectivity index (χ2v) is 36.2. The molecule has 0 aliphatic carbocycles. The Morgan fingerprint density at radius 1 is 0.331 bits per heavy atom. The minimum Gasteiger partial charge on any atom is -0.490 e. The van der Waals surface area contributed by atoms with Gasteiger partial charge in [0.25, 0.3) is 23.6 Å². The van der Waals surface area contributed by atoms with Gasteiger partial charge < -0.3 is 63.1 Å². The lowest BCUT2D eigenvalue weighted by Crippen LogP contribution is -2.20. The number of carbonyl (C=O) groups is 4. The van der Waals surface area contributed by atoms with Gasteiger partial charge in [0, 0.05) is 123 Å². The van der Waals surface area contributed by atoms with Crippen LogP contribution in [0.1, 0.15) is 228 Å². The molecule has 28 nitrogen and oxygen atoms in total. The monoisotopic (exact) mass is 1990 g/mol. The molecule has 8 aromatic carbocycles. The van der Waals surface area contributed by atoms with Gasteiger partial charge in [0.2, 0.25) is 0 Å². The Morgan fingerprint density at radius 2 is 0.597 bits per heavy atom. The lowest BCUT2D eigenvalue weighted by Gasteiger charge is -2.22. The first-order valence-corrected chi connectivity index (χ1v) is 46.1. The Morgan fingerprint density at radius 3 is 0.885 bits per heavy atom. The molecule has 139 heavy (non-hydrogen) atoms. The molecule has 16 aromatic rings. The molecule has 4 atom stereocenters. The van der Waals surface area contributed by atoms with E-state index in [4.69, 9.17) is 115 Å². The van der Waals surface area contributed by atoms with Gasteiger partial charge in [-0.2, -0.15) is 0 Å². The topological polar surface area (TPSA) is 378 Å². The predicted molar refractivity (Wildman–Crippen MR) is 539 cm³/mol. The van der Waals surface area contributed by atoms with E-state index in [0.29, 0.717) is 141 Å². The molecular formula is C102H103Cl5F4N20O8. The van der Waals surface area contributed by atoms with Crippen molar-refractivity contribution in [1.82, 2.24) is 57.5 Å². The van der Waals surface area contributed by atoms with Crippen LogP contribution in [0.4, 0.5) is 63.6 Å². The Balaban J connectivity index is 0.000000156. The summed E-state index contributed by atoms with van der Waals surface area (Å²) in [6.45, 7) is 33.1. The molecule has 0 spiro atoms. The van der Waals surface area contributed by atoms with Crippen molar-refractivity contribution < 1.29 is 55.7 Å². The first-order valence-electron chi connectivity index (χ1n) is 44.2. The van der Waals surface area contributed by atoms with Crippen LogP contribution in [0.2, 0.25) is 25.1 Å². The summed E-state index contributed by atoms with van der Waals surface area (Å²) in [6, 6.07) is 35.7. The number of benzene rings is 8. The van der Waals surface area contributed by atoms with Crippen LogP contribution >= 0.6 is 58.0 Å². The number of para-hydroxylation sites is 2. The number of hydrogen-bond donors (Lipinski definition) is 8. The van der Waals surface area contributed by atoms with Crippen LogP contribution in [0.15, 0.2) is 177 Å². The van der Waals surface area contributed by atoms with E-state index in [0.717, 1.165) is 11.1 Å². The standard InChI is InChI=1S/2C26H27ClFN5O2.C25H24Cl2FN5O2.C25H25ClFN5O2/c1-13(2)35-23-18(15(4)25-31-16(5)22-24(29)30-9-10-33(22)25)12-19(27)21(28)20(23)26(34)32-17-8-6-7-14(3)11-17;1-13(2)35-23-17(15(4)25-31-16(5)22-24(29)30-10-11-33(22)25)12-18(27)21(28)20(23)26(34)32-19-9-7-6-8-14(19)3;1-12(2)35-22-17(13(3)24-31-14(4)21-23(29)30-9-10-33(21)24)11-18(27)20(28)19(22)25(34)32-16-7-5-15(26)6-8-16;1-13(2)34-22-17(14(3)24-30-15(4)21-23(28)29-10-11-32(21)24)12-18(26)20(27)19(22)25(33)31-16-8-6-5-7-9-16/h2*6-13,15H,1-5H3,(H2,29,30)(H,32,34);5-13H,1-4H3,(H2,29,30)(H,32,34);5-14H,1-4H3,(H2,28,29)(H,31,33). The number of rotatable bonds is 24. The highest BCUT2D eigenvalue weighted by molar-refractivity contribution is 6.33. The molecule has 12 N–H and O–H groups in total. The summed E-state index contributed by atoms with van der Waals surface area (Å²) in [5, 5.41) is 10.7. The van der Waals surface area contributed by atoms with Gasteiger partial charge in [-0.15, -0.1) is 0 Å². The van der Waals surface area contributed by atoms with Crippen molar-refractivity contribution in [3.63, 3.8) is 0 Å². The summed E-state index contributed by atoms with van der Waals surface area (Å²) < 4.78 is 92.9. The third kappa shape index (κ3) is 22.0. The highest BCUT2D eigenvalue weighted by Gasteiger charge is 2.37. The van der Waals surface area contributed by atoms with Crippen LogP contribution < -0.4 is 63.1 Å². The highest BCUT2D eigenvalue weighted by atomic mass is 35.5. The largest absolute Gasteiger partial charge is 0.490 e. The van der Waals surface area contributed by atoms with Gasteiger partial charge in [-0.3, -0.25) is 36.8 Å². The number of halogens is 9. The average Bonchev–Trinajstić information content (AvgIpc) is 1.68. The molecule has 8 heterocycles. The zero-order valence-electron chi connectivity index (χ0n) is 79.2. The number of aryl methyl sites for hydroxylation is 6. The lowest BCUT2D eigenvalue weighted by atomic mass is 9.95. The van der Waals surface area contributed by atoms with Gasteiger partial charge in [-0.1, -0.05) is 134 Å². The molecule has 722 valence electrons. The molecule has 16 rings (SSSR count). The number of ether oxygens (including phenoxy) is 4. The smallest absolute Gasteiger partial charge is 0.262 e. The quantitative estimate of drug-likeness (QED) is 0.0260. The van der Waals surface area contributed by atoms with E-state index >= 15 is 17.6 Å². The lowest BCUT2D eigenvalue weighted by molar-refractivity contribution is 0.100. The SMILES string of the molecule is Cc1cccc(NC(=O)c2c(F)c(Cl)cc(C(C)c3nc(C)c4c(N)nccn34)c2OC(C)C)c1.Cc1ccccc1NC(=O)c1c(F)c(Cl)cc(C(C)c2nc(C)c3c(N)nccn23)c1OC(C)C.Cc1nc(C(C)c2cc(Cl)c(F)c(C(=O)Nc3ccc(Cl)cc3)c2OC(C)C)n2ccnc(N)c12.Cc1nc(C(C)c2cc(Cl)c(F)c(C(=O)Nc3ccccc3)c2OC(C)C)n2ccnc(N)c12. The van der Waals surface area contributed by atoms with Gasteiger partial charge in [0.15, 0.2) is 23.3 Å². The molecule has 0 bridgehead atoms. The Bertz CT molecular complexity index is 7380. The number of fused-ring (bicyclic) bond motifs is 4. The van der Waals surface area contributed by atoms with Gasteiger partial charge in [0.1, 0.15) is 114 Å². The average molecular weight is 1990 g/mol. The summed E-state index contributed by atoms with van der Waals surface area (Å²) in [6.07, 6.45) is 12.0. The molecule has 0 aliphatic heterocycles. The fourth-order valence-corrected chi connectivity index (χ4v) is 17.1. The van der Waals surface area contributed by atoms with Crippen LogP contribution in [0, 0.1) is 64.8 Å². The predicted octanol–water partition coefficient (Wildman–Crippen LogP) is 23.7. The number of nitrogens with one attached hydrogen (secondary N) is 4. The molecular weight excluding hydrogens is 1890 g/mol. The summed E-state index contributed by atoms with van der Waals surface area (Å²) >= 11 is 31.1. The minimum absolute atomic E-state index is 0.0947. The number of amides is 4. The molecule has 4 amide bonds. The van der Waals surface area contributed by atoms with Crippen LogP contribution in [0.3, 0.4) is 0 Å². The van der Waals surface area contributed by atoms with Gasteiger partial charge in [0.05, 0.1) is 67.3 Å². The maximum Gasteiger partial charge on any atom is 0.262 e. The first-order chi connectivity index (χ1) is 65.9. The molecule has 0 radical (unpaired) electrons. The Kier molecular flexibility index (Phi) is 31.7. The zero-order valence-corrected chi connectivity index (χ0v) is 83.0. The van der Waals surface area contributed by atoms with Crippen LogP contribution in [0.5, 0.6) is 23.0 Å². The summed E-state index contributed by atoms with van der Waals surface area (Å²) in [4.78, 5) is 88.6. The van der Waals surface area contributed by atoms with E-state index in [2.05, 4.69) is 46.2 Å². The first kappa shape index (κ1) is 102. The van der Waals surface area contributed by atoms with Crippen molar-refractivity contribution in [2.45, 2.75) is 173 Å². The normalized spacial score (nSPS) is 12.2. The number of imidazole rings is 4. The number of hydrogen-bond acceptors (Lipinski definition) is 20. The fourth-order valence-electron chi connectivity index (χ4n) is 16.2. The number of carbonyl (C=O) groups excluding carboxylic acids is 4. The van der Waals surface area contributed by atoms with Gasteiger partial charge in [-0.05, 0) is 187 Å². The fraction of sp³-hybridized carbons (Fsp3) is 0.255. The molecule has 4 unspecified atom stereocenters. The van der Waals surface area contributed by atoms with E-state index < -0.39 is 70.6 Å². The maximum absolute atomic E-state index is 15.4. The molecule has 0 saturated carbocycles. The van der Waals surface area contributed by atoms with Gasteiger partial charge in [-0.25, -0.2) is 57.4 Å². The summed E-state index contributed by atoms with van der Waals surface area (Å²) in [5.74, 6) is -3.41. The summed E-state index contributed by atoms with van der Waals surface area (Å²) in [7, 11) is 0.